The topological polar surface area (TPSA) is 123 Å². The summed E-state index contributed by atoms with van der Waals surface area (Å²) in [6, 6.07) is 6.15. The Morgan fingerprint density at radius 2 is 1.91 bits per heavy atom. The van der Waals surface area contributed by atoms with E-state index in [2.05, 4.69) is 29.8 Å². The molecule has 0 radical (unpaired) electrons. The van der Waals surface area contributed by atoms with E-state index in [0.717, 1.165) is 41.7 Å². The molecular weight excluding hydrogens is 488 g/mol. The molecule has 1 aromatic carbocycles. The minimum atomic E-state index is -0.751. The number of amides is 3. The van der Waals surface area contributed by atoms with Crippen LogP contribution in [0.4, 0.5) is 9.80 Å². The smallest absolute Gasteiger partial charge is 0.323 e. The highest BCUT2D eigenvalue weighted by Crippen LogP contribution is 2.39. The van der Waals surface area contributed by atoms with Crippen LogP contribution in [0.5, 0.6) is 0 Å². The van der Waals surface area contributed by atoms with Gasteiger partial charge in [-0.15, -0.1) is 11.3 Å². The second-order valence-electron chi connectivity index (χ2n) is 9.14. The molecular formula is C25H33ClN4O4S. The van der Waals surface area contributed by atoms with Crippen LogP contribution in [0, 0.1) is 5.92 Å². The molecule has 190 valence electrons. The van der Waals surface area contributed by atoms with Crippen LogP contribution in [-0.2, 0) is 16.1 Å². The Labute approximate surface area is 214 Å². The van der Waals surface area contributed by atoms with Gasteiger partial charge in [0.15, 0.2) is 0 Å². The van der Waals surface area contributed by atoms with Crippen molar-refractivity contribution in [2.75, 3.05) is 12.4 Å². The molecule has 0 unspecified atom stereocenters. The highest BCUT2D eigenvalue weighted by atomic mass is 35.5. The van der Waals surface area contributed by atoms with Gasteiger partial charge in [-0.05, 0) is 55.7 Å². The number of nitrogens with two attached hydrogens (primary N) is 1. The average Bonchev–Trinajstić information content (AvgIpc) is 3.45. The standard InChI is InChI=1S/C25H33ClN4O4S/c1-14(2)10-20(24(32)34-16-6-4-5-7-16)29-13-15-8-9-17(19(26)11-15)21-12-18(22(31)28-3)23(35-21)30-25(27)33/h8-9,11-12,14,16,20,29H,4-7,10,13H2,1-3H3,(H,28,31)(H3,27,30,33)/t20-/m0/s1. The fourth-order valence-electron chi connectivity index (χ4n) is 4.13. The maximum absolute atomic E-state index is 12.8. The molecule has 0 aliphatic heterocycles. The van der Waals surface area contributed by atoms with Crippen LogP contribution >= 0.6 is 22.9 Å². The summed E-state index contributed by atoms with van der Waals surface area (Å²) in [5.41, 5.74) is 7.20. The van der Waals surface area contributed by atoms with Gasteiger partial charge in [-0.3, -0.25) is 14.9 Å². The number of nitrogens with one attached hydrogen (secondary N) is 3. The van der Waals surface area contributed by atoms with Crippen molar-refractivity contribution in [2.24, 2.45) is 11.7 Å². The van der Waals surface area contributed by atoms with Crippen molar-refractivity contribution in [3.8, 4) is 10.4 Å². The number of benzene rings is 1. The lowest BCUT2D eigenvalue weighted by atomic mass is 10.0. The zero-order chi connectivity index (χ0) is 25.5. The van der Waals surface area contributed by atoms with Gasteiger partial charge in [-0.1, -0.05) is 37.6 Å². The van der Waals surface area contributed by atoms with E-state index in [1.165, 1.54) is 18.4 Å². The first-order valence-corrected chi connectivity index (χ1v) is 13.0. The molecule has 2 aromatic rings. The molecule has 1 aliphatic rings. The average molecular weight is 521 g/mol. The Balaban J connectivity index is 1.73. The van der Waals surface area contributed by atoms with E-state index in [-0.39, 0.29) is 24.0 Å². The zero-order valence-corrected chi connectivity index (χ0v) is 21.9. The van der Waals surface area contributed by atoms with Crippen LogP contribution in [0.2, 0.25) is 5.02 Å². The minimum Gasteiger partial charge on any atom is -0.461 e. The third kappa shape index (κ3) is 7.43. The van der Waals surface area contributed by atoms with Gasteiger partial charge in [0.2, 0.25) is 0 Å². The fourth-order valence-corrected chi connectivity index (χ4v) is 5.59. The molecule has 10 heteroatoms. The summed E-state index contributed by atoms with van der Waals surface area (Å²) in [7, 11) is 1.51. The van der Waals surface area contributed by atoms with Gasteiger partial charge in [0.1, 0.15) is 17.1 Å². The predicted molar refractivity (Wildman–Crippen MR) is 140 cm³/mol. The lowest BCUT2D eigenvalue weighted by Gasteiger charge is -2.22. The van der Waals surface area contributed by atoms with E-state index in [0.29, 0.717) is 34.5 Å². The van der Waals surface area contributed by atoms with Crippen molar-refractivity contribution in [1.82, 2.24) is 10.6 Å². The second-order valence-corrected chi connectivity index (χ2v) is 10.6. The van der Waals surface area contributed by atoms with E-state index >= 15 is 0 Å². The van der Waals surface area contributed by atoms with Crippen molar-refractivity contribution in [2.45, 2.75) is 64.6 Å². The number of primary amides is 1. The van der Waals surface area contributed by atoms with E-state index in [1.54, 1.807) is 6.07 Å². The number of urea groups is 1. The molecule has 1 heterocycles. The number of halogens is 1. The Kier molecular flexibility index (Phi) is 9.54. The normalized spacial score (nSPS) is 14.7. The number of esters is 1. The Morgan fingerprint density at radius 1 is 1.20 bits per heavy atom. The molecule has 1 aromatic heterocycles. The van der Waals surface area contributed by atoms with Gasteiger partial charge in [0, 0.05) is 29.1 Å². The third-order valence-electron chi connectivity index (χ3n) is 5.87. The number of rotatable bonds is 10. The molecule has 0 saturated heterocycles. The number of carbonyl (C=O) groups excluding carboxylic acids is 3. The Bertz CT molecular complexity index is 1070. The first-order valence-electron chi connectivity index (χ1n) is 11.8. The fraction of sp³-hybridized carbons (Fsp3) is 0.480. The highest BCUT2D eigenvalue weighted by Gasteiger charge is 2.26. The molecule has 8 nitrogen and oxygen atoms in total. The summed E-state index contributed by atoms with van der Waals surface area (Å²) < 4.78 is 5.74. The maximum atomic E-state index is 12.8. The monoisotopic (exact) mass is 520 g/mol. The van der Waals surface area contributed by atoms with Crippen LogP contribution < -0.4 is 21.7 Å². The molecule has 1 atom stereocenters. The SMILES string of the molecule is CNC(=O)c1cc(-c2ccc(CN[C@@H](CC(C)C)C(=O)OC3CCCC3)cc2Cl)sc1NC(N)=O. The molecule has 5 N–H and O–H groups in total. The lowest BCUT2D eigenvalue weighted by molar-refractivity contribution is -0.151. The number of hydrogen-bond acceptors (Lipinski definition) is 6. The number of anilines is 1. The van der Waals surface area contributed by atoms with Crippen molar-refractivity contribution in [1.29, 1.82) is 0 Å². The van der Waals surface area contributed by atoms with E-state index in [4.69, 9.17) is 22.1 Å². The molecule has 0 spiro atoms. The maximum Gasteiger partial charge on any atom is 0.323 e. The van der Waals surface area contributed by atoms with Crippen LogP contribution in [0.25, 0.3) is 10.4 Å². The Hall–Kier alpha value is -2.62. The van der Waals surface area contributed by atoms with Gasteiger partial charge >= 0.3 is 12.0 Å². The molecule has 0 bridgehead atoms. The second kappa shape index (κ2) is 12.4. The summed E-state index contributed by atoms with van der Waals surface area (Å²) in [5, 5.41) is 9.23. The molecule has 35 heavy (non-hydrogen) atoms. The van der Waals surface area contributed by atoms with Crippen LogP contribution in [0.3, 0.4) is 0 Å². The van der Waals surface area contributed by atoms with E-state index in [9.17, 15) is 14.4 Å². The highest BCUT2D eigenvalue weighted by molar-refractivity contribution is 7.20. The van der Waals surface area contributed by atoms with Gasteiger partial charge in [-0.25, -0.2) is 4.79 Å². The van der Waals surface area contributed by atoms with Crippen molar-refractivity contribution in [3.05, 3.63) is 40.4 Å². The van der Waals surface area contributed by atoms with Gasteiger partial charge in [-0.2, -0.15) is 0 Å². The quantitative estimate of drug-likeness (QED) is 0.331. The summed E-state index contributed by atoms with van der Waals surface area (Å²) in [6.45, 7) is 4.62. The zero-order valence-electron chi connectivity index (χ0n) is 20.3. The van der Waals surface area contributed by atoms with E-state index in [1.807, 2.05) is 18.2 Å². The summed E-state index contributed by atoms with van der Waals surface area (Å²) in [6.07, 6.45) is 4.83. The van der Waals surface area contributed by atoms with E-state index < -0.39 is 6.03 Å². The molecule has 3 amide bonds. The molecule has 1 saturated carbocycles. The predicted octanol–water partition coefficient (Wildman–Crippen LogP) is 4.91. The summed E-state index contributed by atoms with van der Waals surface area (Å²) in [4.78, 5) is 37.0. The van der Waals surface area contributed by atoms with Gasteiger partial charge in [0.25, 0.3) is 5.91 Å². The number of ether oxygens (including phenoxy) is 1. The first kappa shape index (κ1) is 27.0. The minimum absolute atomic E-state index is 0.0344. The van der Waals surface area contributed by atoms with Crippen molar-refractivity contribution < 1.29 is 19.1 Å². The van der Waals surface area contributed by atoms with Crippen LogP contribution in [-0.4, -0.2) is 37.1 Å². The number of carbonyl (C=O) groups is 3. The Morgan fingerprint density at radius 3 is 2.51 bits per heavy atom. The molecule has 1 fully saturated rings. The molecule has 3 rings (SSSR count). The lowest BCUT2D eigenvalue weighted by Crippen LogP contribution is -2.40. The molecule has 1 aliphatic carbocycles. The van der Waals surface area contributed by atoms with Crippen LogP contribution in [0.1, 0.15) is 61.9 Å². The largest absolute Gasteiger partial charge is 0.461 e. The number of hydrogen-bond donors (Lipinski definition) is 4. The third-order valence-corrected chi connectivity index (χ3v) is 7.27. The van der Waals surface area contributed by atoms with Gasteiger partial charge < -0.3 is 21.1 Å². The van der Waals surface area contributed by atoms with Crippen molar-refractivity contribution >= 4 is 45.8 Å². The number of thiophene rings is 1. The van der Waals surface area contributed by atoms with Crippen LogP contribution in [0.15, 0.2) is 24.3 Å². The van der Waals surface area contributed by atoms with Gasteiger partial charge in [0.05, 0.1) is 5.56 Å². The summed E-state index contributed by atoms with van der Waals surface area (Å²) >= 11 is 7.81. The first-order chi connectivity index (χ1) is 16.7. The summed E-state index contributed by atoms with van der Waals surface area (Å²) in [5.74, 6) is -0.192. The van der Waals surface area contributed by atoms with Crippen molar-refractivity contribution in [3.63, 3.8) is 0 Å².